The summed E-state index contributed by atoms with van der Waals surface area (Å²) in [7, 11) is 0. The van der Waals surface area contributed by atoms with E-state index in [0.29, 0.717) is 17.9 Å². The van der Waals surface area contributed by atoms with E-state index < -0.39 is 0 Å². The Morgan fingerprint density at radius 3 is 2.19 bits per heavy atom. The molecule has 0 spiro atoms. The SMILES string of the molecule is CCCC1CCC(c2ccc(-c3ccc(C(=O)CC)c(O)c3)cc2)CC1. The van der Waals surface area contributed by atoms with Crippen molar-refractivity contribution in [2.24, 2.45) is 5.92 Å². The minimum Gasteiger partial charge on any atom is -0.507 e. The van der Waals surface area contributed by atoms with Crippen LogP contribution < -0.4 is 0 Å². The Kier molecular flexibility index (Phi) is 6.13. The molecule has 1 N–H and O–H groups in total. The molecule has 0 aromatic heterocycles. The van der Waals surface area contributed by atoms with Crippen LogP contribution in [0.5, 0.6) is 5.75 Å². The first-order chi connectivity index (χ1) is 12.6. The van der Waals surface area contributed by atoms with E-state index in [9.17, 15) is 9.90 Å². The molecule has 138 valence electrons. The van der Waals surface area contributed by atoms with Crippen molar-refractivity contribution in [1.29, 1.82) is 0 Å². The highest BCUT2D eigenvalue weighted by Crippen LogP contribution is 2.38. The van der Waals surface area contributed by atoms with Gasteiger partial charge in [-0.05, 0) is 66.3 Å². The van der Waals surface area contributed by atoms with Crippen molar-refractivity contribution in [2.75, 3.05) is 0 Å². The van der Waals surface area contributed by atoms with Crippen LogP contribution in [-0.4, -0.2) is 10.9 Å². The van der Waals surface area contributed by atoms with Gasteiger partial charge in [-0.2, -0.15) is 0 Å². The third kappa shape index (κ3) is 4.17. The Labute approximate surface area is 157 Å². The van der Waals surface area contributed by atoms with E-state index in [1.165, 1.54) is 44.1 Å². The fraction of sp³-hybridized carbons (Fsp3) is 0.458. The molecule has 1 aliphatic carbocycles. The lowest BCUT2D eigenvalue weighted by Gasteiger charge is -2.28. The van der Waals surface area contributed by atoms with Crippen LogP contribution >= 0.6 is 0 Å². The normalized spacial score (nSPS) is 20.1. The number of Topliss-reactive ketones (excluding diaryl/α,β-unsaturated/α-hetero) is 1. The smallest absolute Gasteiger partial charge is 0.166 e. The monoisotopic (exact) mass is 350 g/mol. The standard InChI is InChI=1S/C24H30O2/c1-3-5-17-6-8-18(9-7-17)19-10-12-20(13-11-19)21-14-15-22(23(25)4-2)24(26)16-21/h10-18,26H,3-9H2,1-2H3. The van der Waals surface area contributed by atoms with Crippen molar-refractivity contribution in [3.8, 4) is 16.9 Å². The van der Waals surface area contributed by atoms with Gasteiger partial charge in [0.1, 0.15) is 5.75 Å². The average Bonchev–Trinajstić information content (AvgIpc) is 2.68. The molecule has 26 heavy (non-hydrogen) atoms. The van der Waals surface area contributed by atoms with Crippen LogP contribution in [-0.2, 0) is 0 Å². The number of ketones is 1. The summed E-state index contributed by atoms with van der Waals surface area (Å²) in [5.74, 6) is 1.67. The van der Waals surface area contributed by atoms with Crippen molar-refractivity contribution < 1.29 is 9.90 Å². The number of hydrogen-bond acceptors (Lipinski definition) is 2. The van der Waals surface area contributed by atoms with Crippen LogP contribution in [0.2, 0.25) is 0 Å². The Hall–Kier alpha value is -2.09. The zero-order valence-electron chi connectivity index (χ0n) is 16.0. The van der Waals surface area contributed by atoms with Gasteiger partial charge in [0.25, 0.3) is 0 Å². The van der Waals surface area contributed by atoms with Gasteiger partial charge < -0.3 is 5.11 Å². The molecule has 0 atom stereocenters. The van der Waals surface area contributed by atoms with Crippen LogP contribution in [0.15, 0.2) is 42.5 Å². The maximum Gasteiger partial charge on any atom is 0.166 e. The third-order valence-electron chi connectivity index (χ3n) is 5.88. The number of aromatic hydroxyl groups is 1. The van der Waals surface area contributed by atoms with Crippen LogP contribution in [0.3, 0.4) is 0 Å². The molecule has 2 nitrogen and oxygen atoms in total. The minimum atomic E-state index is -0.0249. The highest BCUT2D eigenvalue weighted by atomic mass is 16.3. The van der Waals surface area contributed by atoms with E-state index in [-0.39, 0.29) is 11.5 Å². The summed E-state index contributed by atoms with van der Waals surface area (Å²) in [6.07, 6.45) is 8.42. The molecule has 1 saturated carbocycles. The maximum atomic E-state index is 11.8. The highest BCUT2D eigenvalue weighted by molar-refractivity contribution is 5.99. The largest absolute Gasteiger partial charge is 0.507 e. The molecule has 3 rings (SSSR count). The molecule has 1 fully saturated rings. The summed E-state index contributed by atoms with van der Waals surface area (Å²) in [6.45, 7) is 4.09. The van der Waals surface area contributed by atoms with Crippen LogP contribution in [0.1, 0.15) is 80.6 Å². The number of carbonyl (C=O) groups is 1. The second kappa shape index (κ2) is 8.53. The molecule has 0 heterocycles. The third-order valence-corrected chi connectivity index (χ3v) is 5.88. The maximum absolute atomic E-state index is 11.8. The molecule has 1 aliphatic rings. The van der Waals surface area contributed by atoms with Gasteiger partial charge in [-0.25, -0.2) is 0 Å². The summed E-state index contributed by atoms with van der Waals surface area (Å²) in [4.78, 5) is 11.8. The van der Waals surface area contributed by atoms with Crippen molar-refractivity contribution in [3.63, 3.8) is 0 Å². The first-order valence-electron chi connectivity index (χ1n) is 10.1. The zero-order valence-corrected chi connectivity index (χ0v) is 16.0. The number of carbonyl (C=O) groups excluding carboxylic acids is 1. The van der Waals surface area contributed by atoms with E-state index in [2.05, 4.69) is 31.2 Å². The molecule has 0 amide bonds. The lowest BCUT2D eigenvalue weighted by atomic mass is 9.77. The fourth-order valence-electron chi connectivity index (χ4n) is 4.28. The minimum absolute atomic E-state index is 0.0249. The lowest BCUT2D eigenvalue weighted by Crippen LogP contribution is -2.13. The second-order valence-electron chi connectivity index (χ2n) is 7.64. The average molecular weight is 351 g/mol. The van der Waals surface area contributed by atoms with Gasteiger partial charge in [-0.1, -0.05) is 57.0 Å². The van der Waals surface area contributed by atoms with Crippen molar-refractivity contribution in [2.45, 2.75) is 64.7 Å². The number of rotatable bonds is 6. The highest BCUT2D eigenvalue weighted by Gasteiger charge is 2.21. The van der Waals surface area contributed by atoms with E-state index in [1.54, 1.807) is 12.1 Å². The summed E-state index contributed by atoms with van der Waals surface area (Å²) in [5.41, 5.74) is 3.88. The number of phenols is 1. The molecular formula is C24H30O2. The topological polar surface area (TPSA) is 37.3 Å². The van der Waals surface area contributed by atoms with Crippen LogP contribution in [0.25, 0.3) is 11.1 Å². The molecule has 0 aliphatic heterocycles. The molecular weight excluding hydrogens is 320 g/mol. The number of benzene rings is 2. The van der Waals surface area contributed by atoms with Gasteiger partial charge in [0.05, 0.1) is 5.56 Å². The Morgan fingerprint density at radius 2 is 1.62 bits per heavy atom. The van der Waals surface area contributed by atoms with E-state index in [4.69, 9.17) is 0 Å². The van der Waals surface area contributed by atoms with Gasteiger partial charge in [-0.15, -0.1) is 0 Å². The summed E-state index contributed by atoms with van der Waals surface area (Å²) >= 11 is 0. The van der Waals surface area contributed by atoms with Crippen molar-refractivity contribution in [3.05, 3.63) is 53.6 Å². The predicted octanol–water partition coefficient (Wildman–Crippen LogP) is 6.73. The number of phenolic OH excluding ortho intramolecular Hbond substituents is 1. The lowest BCUT2D eigenvalue weighted by molar-refractivity contribution is 0.0985. The summed E-state index contributed by atoms with van der Waals surface area (Å²) < 4.78 is 0. The van der Waals surface area contributed by atoms with E-state index >= 15 is 0 Å². The fourth-order valence-corrected chi connectivity index (χ4v) is 4.28. The van der Waals surface area contributed by atoms with Gasteiger partial charge >= 0.3 is 0 Å². The molecule has 2 aromatic rings. The van der Waals surface area contributed by atoms with Crippen molar-refractivity contribution in [1.82, 2.24) is 0 Å². The molecule has 0 bridgehead atoms. The summed E-state index contributed by atoms with van der Waals surface area (Å²) in [6, 6.07) is 14.1. The Balaban J connectivity index is 1.70. The van der Waals surface area contributed by atoms with Crippen LogP contribution in [0, 0.1) is 5.92 Å². The summed E-state index contributed by atoms with van der Waals surface area (Å²) in [5, 5.41) is 10.2. The number of hydrogen-bond donors (Lipinski definition) is 1. The Morgan fingerprint density at radius 1 is 0.962 bits per heavy atom. The zero-order chi connectivity index (χ0) is 18.5. The van der Waals surface area contributed by atoms with E-state index in [1.807, 2.05) is 13.0 Å². The molecule has 0 radical (unpaired) electrons. The Bertz CT molecular complexity index is 737. The van der Waals surface area contributed by atoms with Gasteiger partial charge in [0.15, 0.2) is 5.78 Å². The van der Waals surface area contributed by atoms with Crippen molar-refractivity contribution >= 4 is 5.78 Å². The van der Waals surface area contributed by atoms with Gasteiger partial charge in [-0.3, -0.25) is 4.79 Å². The quantitative estimate of drug-likeness (QED) is 0.587. The first kappa shape index (κ1) is 18.7. The van der Waals surface area contributed by atoms with Crippen LogP contribution in [0.4, 0.5) is 0 Å². The molecule has 0 unspecified atom stereocenters. The second-order valence-corrected chi connectivity index (χ2v) is 7.64. The van der Waals surface area contributed by atoms with E-state index in [0.717, 1.165) is 17.0 Å². The first-order valence-corrected chi connectivity index (χ1v) is 10.1. The molecule has 2 heteroatoms. The van der Waals surface area contributed by atoms with Gasteiger partial charge in [0.2, 0.25) is 0 Å². The molecule has 2 aromatic carbocycles. The van der Waals surface area contributed by atoms with Gasteiger partial charge in [0, 0.05) is 6.42 Å². The molecule has 0 saturated heterocycles. The predicted molar refractivity (Wildman–Crippen MR) is 108 cm³/mol.